The molecule has 0 saturated heterocycles. The molecule has 394 valence electrons. The highest BCUT2D eigenvalue weighted by Crippen LogP contribution is 2.50. The first-order valence-electron chi connectivity index (χ1n) is 25.7. The summed E-state index contributed by atoms with van der Waals surface area (Å²) in [6.45, 7) is -0.379. The van der Waals surface area contributed by atoms with Gasteiger partial charge in [0.2, 0.25) is 23.6 Å². The molecule has 7 aromatic rings. The van der Waals surface area contributed by atoms with Crippen LogP contribution in [-0.4, -0.2) is 88.6 Å². The number of benzene rings is 6. The van der Waals surface area contributed by atoms with Crippen LogP contribution in [0.15, 0.2) is 219 Å². The third-order valence-corrected chi connectivity index (χ3v) is 16.8. The number of methoxy groups -OCH3 is 1. The largest absolute Gasteiger partial charge is 0.468 e. The molecule has 1 heterocycles. The van der Waals surface area contributed by atoms with Gasteiger partial charge in [-0.15, -0.1) is 23.5 Å². The van der Waals surface area contributed by atoms with E-state index in [-0.39, 0.29) is 25.1 Å². The first kappa shape index (κ1) is 55.5. The number of aliphatic hydroxyl groups excluding tert-OH is 1. The van der Waals surface area contributed by atoms with Gasteiger partial charge in [0, 0.05) is 24.6 Å². The Bertz CT molecular complexity index is 2850. The van der Waals surface area contributed by atoms with Crippen LogP contribution < -0.4 is 21.3 Å². The van der Waals surface area contributed by atoms with Gasteiger partial charge in [-0.05, 0) is 76.1 Å². The van der Waals surface area contributed by atoms with Gasteiger partial charge in [-0.3, -0.25) is 29.0 Å². The molecule has 6 aromatic carbocycles. The van der Waals surface area contributed by atoms with Crippen molar-refractivity contribution in [3.8, 4) is 0 Å². The summed E-state index contributed by atoms with van der Waals surface area (Å²) in [4.78, 5) is 73.2. The number of hydrogen-bond acceptors (Lipinski definition) is 10. The summed E-state index contributed by atoms with van der Waals surface area (Å²) in [5, 5.41) is 22.6. The van der Waals surface area contributed by atoms with Gasteiger partial charge in [0.25, 0.3) is 0 Å². The second-order valence-electron chi connectivity index (χ2n) is 18.8. The van der Waals surface area contributed by atoms with E-state index in [1.54, 1.807) is 42.4 Å². The number of esters is 1. The average molecular weight is 1070 g/mol. The zero-order chi connectivity index (χ0) is 53.9. The van der Waals surface area contributed by atoms with Gasteiger partial charge >= 0.3 is 5.97 Å². The van der Waals surface area contributed by atoms with E-state index < -0.39 is 62.8 Å². The molecule has 1 aromatic heterocycles. The number of nitrogens with zero attached hydrogens (tertiary/aromatic N) is 1. The molecule has 14 heteroatoms. The van der Waals surface area contributed by atoms with Gasteiger partial charge in [0.1, 0.15) is 24.2 Å². The maximum Gasteiger partial charge on any atom is 0.325 e. The highest BCUT2D eigenvalue weighted by molar-refractivity contribution is 8.00. The zero-order valence-electron chi connectivity index (χ0n) is 42.8. The SMILES string of the molecule is COC(=O)CNC(=O)C1(NC(=O)[C@@H](CSC(c2ccccc2)(c2ccccc2)c2ccccc2)NC(=O)[C@@H](Cc2ccncc2)NC(=O)C[C@H](O)C=CCCSC(c2ccccc2)(c2ccccc2)c2ccccc2)CC1. The summed E-state index contributed by atoms with van der Waals surface area (Å²) in [6, 6.07) is 62.0. The number of rotatable bonds is 26. The van der Waals surface area contributed by atoms with E-state index >= 15 is 0 Å². The Morgan fingerprint density at radius 3 is 1.48 bits per heavy atom. The molecule has 1 aliphatic rings. The first-order chi connectivity index (χ1) is 37.6. The second kappa shape index (κ2) is 26.8. The monoisotopic (exact) mass is 1070 g/mol. The normalized spacial score (nSPS) is 14.1. The van der Waals surface area contributed by atoms with Gasteiger partial charge in [0.05, 0.1) is 29.1 Å². The molecule has 0 radical (unpaired) electrons. The Labute approximate surface area is 458 Å². The molecule has 0 unspecified atom stereocenters. The van der Waals surface area contributed by atoms with Crippen molar-refractivity contribution >= 4 is 53.1 Å². The summed E-state index contributed by atoms with van der Waals surface area (Å²) in [7, 11) is 1.22. The summed E-state index contributed by atoms with van der Waals surface area (Å²) in [5.74, 6) is -2.34. The quantitative estimate of drug-likeness (QED) is 0.0153. The summed E-state index contributed by atoms with van der Waals surface area (Å²) >= 11 is 3.25. The third-order valence-electron chi connectivity index (χ3n) is 13.5. The van der Waals surface area contributed by atoms with Crippen molar-refractivity contribution in [2.45, 2.75) is 65.3 Å². The molecule has 1 fully saturated rings. The predicted octanol–water partition coefficient (Wildman–Crippen LogP) is 8.68. The number of pyridine rings is 1. The van der Waals surface area contributed by atoms with Crippen LogP contribution in [0, 0.1) is 0 Å². The Hall–Kier alpha value is -7.78. The third kappa shape index (κ3) is 14.0. The average Bonchev–Trinajstić information content (AvgIpc) is 4.28. The van der Waals surface area contributed by atoms with Crippen LogP contribution in [-0.2, 0) is 44.6 Å². The minimum Gasteiger partial charge on any atom is -0.468 e. The summed E-state index contributed by atoms with van der Waals surface area (Å²) < 4.78 is 3.32. The van der Waals surface area contributed by atoms with Crippen LogP contribution in [0.25, 0.3) is 0 Å². The Morgan fingerprint density at radius 1 is 0.610 bits per heavy atom. The van der Waals surface area contributed by atoms with Gasteiger partial charge < -0.3 is 31.1 Å². The van der Waals surface area contributed by atoms with Gasteiger partial charge in [-0.25, -0.2) is 0 Å². The van der Waals surface area contributed by atoms with Crippen molar-refractivity contribution < 1.29 is 33.8 Å². The van der Waals surface area contributed by atoms with Gasteiger partial charge in [0.15, 0.2) is 0 Å². The maximum absolute atomic E-state index is 14.8. The van der Waals surface area contributed by atoms with E-state index in [1.165, 1.54) is 18.9 Å². The molecular formula is C63H63N5O7S2. The molecule has 4 amide bonds. The number of carbonyl (C=O) groups excluding carboxylic acids is 5. The van der Waals surface area contributed by atoms with Crippen LogP contribution in [0.4, 0.5) is 0 Å². The van der Waals surface area contributed by atoms with Gasteiger partial charge in [-0.2, -0.15) is 0 Å². The number of amides is 4. The fraction of sp³-hybridized carbons (Fsp3) is 0.238. The standard InChI is InChI=1S/C63H63N5O7S2/c1-75-57(71)44-65-60(74)61(37-38-61)68-59(73)55(45-77-63(50-28-14-5-15-29-50,51-30-16-6-17-31-51)52-32-18-7-19-33-52)67-58(72)54(42-46-35-39-64-40-36-46)66-56(70)43-53(69)34-20-21-41-76-62(47-22-8-2-9-23-47,48-24-10-3-11-25-48)49-26-12-4-13-27-49/h2-20,22-36,39-40,53-55,69H,21,37-38,41-45H2,1H3,(H,65,74)(H,66,70)(H,67,72)(H,68,73)/t53-,54-,55-/m1/s1. The van der Waals surface area contributed by atoms with Crippen molar-refractivity contribution in [3.05, 3.63) is 258 Å². The molecule has 0 aliphatic heterocycles. The number of hydrogen-bond donors (Lipinski definition) is 5. The molecular weight excluding hydrogens is 1000 g/mol. The fourth-order valence-electron chi connectivity index (χ4n) is 9.46. The zero-order valence-corrected chi connectivity index (χ0v) is 44.5. The summed E-state index contributed by atoms with van der Waals surface area (Å²) in [6.07, 6.45) is 6.44. The number of carbonyl (C=O) groups is 5. The summed E-state index contributed by atoms with van der Waals surface area (Å²) in [5.41, 5.74) is 5.62. The lowest BCUT2D eigenvalue weighted by Gasteiger charge is -2.37. The maximum atomic E-state index is 14.8. The molecule has 8 rings (SSSR count). The van der Waals surface area contributed by atoms with Crippen LogP contribution in [0.1, 0.15) is 64.6 Å². The van der Waals surface area contributed by atoms with Crippen LogP contribution in [0.2, 0.25) is 0 Å². The molecule has 1 aliphatic carbocycles. The van der Waals surface area contributed by atoms with Crippen molar-refractivity contribution in [1.29, 1.82) is 0 Å². The van der Waals surface area contributed by atoms with Gasteiger partial charge in [-0.1, -0.05) is 194 Å². The molecule has 12 nitrogen and oxygen atoms in total. The number of allylic oxidation sites excluding steroid dienone is 1. The minimum absolute atomic E-state index is 0.0109. The minimum atomic E-state index is -1.31. The number of ether oxygens (including phenoxy) is 1. The number of thioether (sulfide) groups is 2. The van der Waals surface area contributed by atoms with Crippen molar-refractivity contribution in [3.63, 3.8) is 0 Å². The predicted molar refractivity (Wildman–Crippen MR) is 305 cm³/mol. The molecule has 1 saturated carbocycles. The second-order valence-corrected chi connectivity index (χ2v) is 21.3. The lowest BCUT2D eigenvalue weighted by Crippen LogP contribution is -2.59. The number of nitrogens with one attached hydrogen (secondary N) is 4. The fourth-order valence-corrected chi connectivity index (χ4v) is 12.5. The van der Waals surface area contributed by atoms with Crippen LogP contribution in [0.3, 0.4) is 0 Å². The van der Waals surface area contributed by atoms with Crippen molar-refractivity contribution in [2.24, 2.45) is 0 Å². The van der Waals surface area contributed by atoms with Crippen molar-refractivity contribution in [1.82, 2.24) is 26.3 Å². The lowest BCUT2D eigenvalue weighted by atomic mass is 9.84. The molecule has 77 heavy (non-hydrogen) atoms. The molecule has 0 bridgehead atoms. The van der Waals surface area contributed by atoms with E-state index in [4.69, 9.17) is 4.74 Å². The van der Waals surface area contributed by atoms with E-state index in [2.05, 4.69) is 99.0 Å². The highest BCUT2D eigenvalue weighted by Gasteiger charge is 2.52. The molecule has 0 spiro atoms. The van der Waals surface area contributed by atoms with E-state index in [0.717, 1.165) is 33.4 Å². The molecule has 3 atom stereocenters. The molecule has 5 N–H and O–H groups in total. The number of aromatic nitrogens is 1. The van der Waals surface area contributed by atoms with E-state index in [0.29, 0.717) is 30.6 Å². The lowest BCUT2D eigenvalue weighted by molar-refractivity contribution is -0.141. The Kier molecular flexibility index (Phi) is 19.3. The van der Waals surface area contributed by atoms with Crippen molar-refractivity contribution in [2.75, 3.05) is 25.2 Å². The van der Waals surface area contributed by atoms with E-state index in [1.807, 2.05) is 115 Å². The Morgan fingerprint density at radius 2 is 1.05 bits per heavy atom. The van der Waals surface area contributed by atoms with Crippen LogP contribution >= 0.6 is 23.5 Å². The number of aliphatic hydroxyl groups is 1. The first-order valence-corrected chi connectivity index (χ1v) is 27.6. The Balaban J connectivity index is 1.01. The van der Waals surface area contributed by atoms with Crippen LogP contribution in [0.5, 0.6) is 0 Å². The highest BCUT2D eigenvalue weighted by atomic mass is 32.2. The van der Waals surface area contributed by atoms with E-state index in [9.17, 15) is 29.1 Å². The smallest absolute Gasteiger partial charge is 0.325 e. The topological polar surface area (TPSA) is 176 Å².